The molecule has 5 heteroatoms. The zero-order valence-corrected chi connectivity index (χ0v) is 15.5. The number of nitrogens with zero attached hydrogens (tertiary/aromatic N) is 1. The molecular weight excluding hydrogens is 326 g/mol. The Bertz CT molecular complexity index is 517. The molecule has 1 aliphatic rings. The van der Waals surface area contributed by atoms with Crippen LogP contribution in [-0.4, -0.2) is 39.6 Å². The third-order valence-corrected chi connectivity index (χ3v) is 5.82. The maximum atomic E-state index is 12.4. The van der Waals surface area contributed by atoms with Crippen LogP contribution in [0, 0.1) is 0 Å². The average Bonchev–Trinajstić information content (AvgIpc) is 2.58. The molecule has 0 aromatic heterocycles. The predicted octanol–water partition coefficient (Wildman–Crippen LogP) is 4.88. The highest BCUT2D eigenvalue weighted by Gasteiger charge is 2.31. The number of carbonyl (C=O) groups is 1. The molecule has 0 N–H and O–H groups in total. The van der Waals surface area contributed by atoms with E-state index in [0.29, 0.717) is 5.05 Å². The summed E-state index contributed by atoms with van der Waals surface area (Å²) in [4.78, 5) is 14.2. The summed E-state index contributed by atoms with van der Waals surface area (Å²) in [5.74, 6) is 0. The van der Waals surface area contributed by atoms with Gasteiger partial charge < -0.3 is 9.64 Å². The second-order valence-corrected chi connectivity index (χ2v) is 7.25. The first-order valence-corrected chi connectivity index (χ1v) is 9.66. The number of benzene rings is 1. The zero-order chi connectivity index (χ0) is 16.7. The Kier molecular flexibility index (Phi) is 7.37. The summed E-state index contributed by atoms with van der Waals surface area (Å²) >= 11 is 6.86. The van der Waals surface area contributed by atoms with Crippen LogP contribution in [0.2, 0.25) is 0 Å². The van der Waals surface area contributed by atoms with Crippen LogP contribution in [0.4, 0.5) is 4.79 Å². The number of carbonyl (C=O) groups excluding carboxylic acids is 1. The molecule has 0 radical (unpaired) electrons. The summed E-state index contributed by atoms with van der Waals surface area (Å²) in [6.07, 6.45) is 4.30. The van der Waals surface area contributed by atoms with Crippen LogP contribution < -0.4 is 0 Å². The highest BCUT2D eigenvalue weighted by Crippen LogP contribution is 2.33. The molecule has 0 saturated heterocycles. The summed E-state index contributed by atoms with van der Waals surface area (Å²) in [6, 6.07) is 9.82. The Morgan fingerprint density at radius 1 is 1.22 bits per heavy atom. The average molecular weight is 352 g/mol. The largest absolute Gasteiger partial charge is 0.478 e. The Morgan fingerprint density at radius 2 is 1.87 bits per heavy atom. The van der Waals surface area contributed by atoms with Gasteiger partial charge >= 0.3 is 0 Å². The molecule has 2 unspecified atom stereocenters. The Morgan fingerprint density at radius 3 is 2.52 bits per heavy atom. The molecule has 0 heterocycles. The van der Waals surface area contributed by atoms with E-state index in [1.54, 1.807) is 0 Å². The molecule has 1 amide bonds. The molecule has 0 bridgehead atoms. The first kappa shape index (κ1) is 18.3. The van der Waals surface area contributed by atoms with Crippen LogP contribution in [0.3, 0.4) is 0 Å². The fourth-order valence-corrected chi connectivity index (χ4v) is 4.35. The number of thiocarbonyl (C=S) groups is 1. The first-order chi connectivity index (χ1) is 11.2. The third-order valence-electron chi connectivity index (χ3n) is 4.18. The maximum absolute atomic E-state index is 12.4. The van der Waals surface area contributed by atoms with Gasteiger partial charge in [0.25, 0.3) is 5.24 Å². The molecule has 1 saturated carbocycles. The molecule has 126 valence electrons. The molecule has 0 spiro atoms. The number of hydrogen-bond donors (Lipinski definition) is 0. The van der Waals surface area contributed by atoms with Gasteiger partial charge in [-0.15, -0.1) is 0 Å². The van der Waals surface area contributed by atoms with Crippen LogP contribution in [0.1, 0.15) is 45.1 Å². The minimum atomic E-state index is 0.0287. The van der Waals surface area contributed by atoms with Crippen LogP contribution in [-0.2, 0) is 4.74 Å². The van der Waals surface area contributed by atoms with Crippen molar-refractivity contribution in [2.45, 2.75) is 50.9 Å². The molecule has 3 nitrogen and oxygen atoms in total. The molecule has 1 fully saturated rings. The van der Waals surface area contributed by atoms with Gasteiger partial charge in [0, 0.05) is 18.7 Å². The molecule has 1 aliphatic carbocycles. The van der Waals surface area contributed by atoms with Crippen molar-refractivity contribution in [1.29, 1.82) is 0 Å². The lowest BCUT2D eigenvalue weighted by atomic mass is 9.97. The summed E-state index contributed by atoms with van der Waals surface area (Å²) in [5.41, 5.74) is 0.937. The second kappa shape index (κ2) is 9.28. The van der Waals surface area contributed by atoms with Crippen molar-refractivity contribution in [3.63, 3.8) is 0 Å². The molecule has 2 atom stereocenters. The predicted molar refractivity (Wildman–Crippen MR) is 101 cm³/mol. The van der Waals surface area contributed by atoms with E-state index in [1.165, 1.54) is 11.8 Å². The quantitative estimate of drug-likeness (QED) is 0.707. The van der Waals surface area contributed by atoms with Crippen molar-refractivity contribution in [3.05, 3.63) is 35.9 Å². The van der Waals surface area contributed by atoms with Crippen molar-refractivity contribution < 1.29 is 9.53 Å². The minimum absolute atomic E-state index is 0.0287. The van der Waals surface area contributed by atoms with Crippen LogP contribution in [0.25, 0.3) is 0 Å². The van der Waals surface area contributed by atoms with Gasteiger partial charge in [0.2, 0.25) is 0 Å². The van der Waals surface area contributed by atoms with Gasteiger partial charge in [0.05, 0.1) is 5.25 Å². The van der Waals surface area contributed by atoms with E-state index in [4.69, 9.17) is 17.0 Å². The normalized spacial score (nSPS) is 20.8. The molecule has 23 heavy (non-hydrogen) atoms. The lowest BCUT2D eigenvalue weighted by Gasteiger charge is -2.32. The monoisotopic (exact) mass is 351 g/mol. The van der Waals surface area contributed by atoms with E-state index in [2.05, 4.69) is 0 Å². The number of thioether (sulfide) groups is 1. The van der Waals surface area contributed by atoms with Crippen molar-refractivity contribution in [2.75, 3.05) is 13.1 Å². The first-order valence-electron chi connectivity index (χ1n) is 8.37. The summed E-state index contributed by atoms with van der Waals surface area (Å²) in [5, 5.41) is 0.887. The highest BCUT2D eigenvalue weighted by atomic mass is 32.2. The van der Waals surface area contributed by atoms with Gasteiger partial charge in [-0.2, -0.15) is 0 Å². The Balaban J connectivity index is 1.98. The molecule has 2 rings (SSSR count). The van der Waals surface area contributed by atoms with Crippen molar-refractivity contribution in [1.82, 2.24) is 4.90 Å². The van der Waals surface area contributed by atoms with Crippen molar-refractivity contribution in [3.8, 4) is 0 Å². The number of amides is 1. The molecule has 1 aromatic carbocycles. The van der Waals surface area contributed by atoms with Crippen molar-refractivity contribution in [2.24, 2.45) is 0 Å². The topological polar surface area (TPSA) is 29.5 Å². The molecule has 0 aliphatic heterocycles. The number of rotatable bonds is 5. The fraction of sp³-hybridized carbons (Fsp3) is 0.556. The lowest BCUT2D eigenvalue weighted by Crippen LogP contribution is -2.36. The van der Waals surface area contributed by atoms with Crippen LogP contribution >= 0.6 is 24.0 Å². The lowest BCUT2D eigenvalue weighted by molar-refractivity contribution is 0.154. The van der Waals surface area contributed by atoms with E-state index in [-0.39, 0.29) is 16.6 Å². The van der Waals surface area contributed by atoms with Crippen LogP contribution in [0.15, 0.2) is 30.3 Å². The van der Waals surface area contributed by atoms with Gasteiger partial charge in [-0.3, -0.25) is 4.79 Å². The SMILES string of the molecule is CCN(CC)C(=O)SC1CCCCC1OC(=S)c1ccccc1. The zero-order valence-electron chi connectivity index (χ0n) is 13.9. The highest BCUT2D eigenvalue weighted by molar-refractivity contribution is 8.14. The van der Waals surface area contributed by atoms with E-state index in [1.807, 2.05) is 49.1 Å². The van der Waals surface area contributed by atoms with E-state index in [0.717, 1.165) is 44.3 Å². The standard InChI is InChI=1S/C18H25NO2S2/c1-3-19(4-2)18(20)23-16-13-9-8-12-15(16)21-17(22)14-10-6-5-7-11-14/h5-7,10-11,15-16H,3-4,8-9,12-13H2,1-2H3. The Hall–Kier alpha value is -1.07. The van der Waals surface area contributed by atoms with Gasteiger partial charge in [0.1, 0.15) is 6.10 Å². The number of ether oxygens (including phenoxy) is 1. The van der Waals surface area contributed by atoms with E-state index < -0.39 is 0 Å². The van der Waals surface area contributed by atoms with Crippen LogP contribution in [0.5, 0.6) is 0 Å². The fourth-order valence-electron chi connectivity index (χ4n) is 2.80. The molecule has 1 aromatic rings. The molecular formula is C18H25NO2S2. The third kappa shape index (κ3) is 5.21. The smallest absolute Gasteiger partial charge is 0.282 e. The summed E-state index contributed by atoms with van der Waals surface area (Å²) in [7, 11) is 0. The van der Waals surface area contributed by atoms with Gasteiger partial charge in [-0.1, -0.05) is 48.5 Å². The number of hydrogen-bond acceptors (Lipinski definition) is 4. The van der Waals surface area contributed by atoms with Gasteiger partial charge in [-0.05, 0) is 45.3 Å². The second-order valence-electron chi connectivity index (χ2n) is 5.69. The Labute approximate surface area is 148 Å². The van der Waals surface area contributed by atoms with E-state index in [9.17, 15) is 4.79 Å². The van der Waals surface area contributed by atoms with Gasteiger partial charge in [0.15, 0.2) is 5.05 Å². The summed E-state index contributed by atoms with van der Waals surface area (Å²) < 4.78 is 6.08. The van der Waals surface area contributed by atoms with Crippen molar-refractivity contribution >= 4 is 34.3 Å². The summed E-state index contributed by atoms with van der Waals surface area (Å²) in [6.45, 7) is 5.54. The van der Waals surface area contributed by atoms with Gasteiger partial charge in [-0.25, -0.2) is 0 Å². The maximum Gasteiger partial charge on any atom is 0.282 e. The minimum Gasteiger partial charge on any atom is -0.478 e. The van der Waals surface area contributed by atoms with E-state index >= 15 is 0 Å².